The van der Waals surface area contributed by atoms with Crippen molar-refractivity contribution in [2.75, 3.05) is 5.73 Å². The minimum absolute atomic E-state index is 0.293. The van der Waals surface area contributed by atoms with Gasteiger partial charge in [0.2, 0.25) is 0 Å². The summed E-state index contributed by atoms with van der Waals surface area (Å²) in [6.45, 7) is 0.293. The Morgan fingerprint density at radius 1 is 1.17 bits per heavy atom. The lowest BCUT2D eigenvalue weighted by Gasteiger charge is -2.04. The minimum atomic E-state index is 0.293. The molecule has 0 saturated carbocycles. The average molecular weight is 241 g/mol. The standard InChI is InChI=1S/C12H11N5O/c13-9-3-1-4-10(7-9)18-8-12-16-15-11-5-2-6-14-17(11)12/h1-7H,8,13H2. The van der Waals surface area contributed by atoms with Gasteiger partial charge < -0.3 is 10.5 Å². The van der Waals surface area contributed by atoms with Crippen LogP contribution in [0.1, 0.15) is 5.82 Å². The van der Waals surface area contributed by atoms with E-state index in [0.29, 0.717) is 29.5 Å². The van der Waals surface area contributed by atoms with E-state index in [9.17, 15) is 0 Å². The number of hydrogen-bond acceptors (Lipinski definition) is 5. The van der Waals surface area contributed by atoms with E-state index in [1.165, 1.54) is 0 Å². The fourth-order valence-electron chi connectivity index (χ4n) is 1.63. The van der Waals surface area contributed by atoms with Crippen molar-refractivity contribution < 1.29 is 4.74 Å². The molecule has 0 fully saturated rings. The number of nitrogen functional groups attached to an aromatic ring is 1. The van der Waals surface area contributed by atoms with Crippen molar-refractivity contribution in [1.82, 2.24) is 19.8 Å². The number of ether oxygens (including phenoxy) is 1. The summed E-state index contributed by atoms with van der Waals surface area (Å²) in [6.07, 6.45) is 1.68. The van der Waals surface area contributed by atoms with E-state index in [1.54, 1.807) is 22.8 Å². The molecule has 3 rings (SSSR count). The third-order valence-corrected chi connectivity index (χ3v) is 2.47. The maximum absolute atomic E-state index is 5.67. The maximum Gasteiger partial charge on any atom is 0.192 e. The van der Waals surface area contributed by atoms with Gasteiger partial charge in [0.15, 0.2) is 11.5 Å². The third-order valence-electron chi connectivity index (χ3n) is 2.47. The van der Waals surface area contributed by atoms with E-state index < -0.39 is 0 Å². The molecular weight excluding hydrogens is 230 g/mol. The Hall–Kier alpha value is -2.63. The Balaban J connectivity index is 1.81. The number of rotatable bonds is 3. The Morgan fingerprint density at radius 3 is 3.00 bits per heavy atom. The molecule has 1 aromatic carbocycles. The van der Waals surface area contributed by atoms with Gasteiger partial charge in [0.25, 0.3) is 0 Å². The molecule has 0 aliphatic heterocycles. The molecule has 0 radical (unpaired) electrons. The van der Waals surface area contributed by atoms with Gasteiger partial charge in [-0.05, 0) is 24.3 Å². The highest BCUT2D eigenvalue weighted by Gasteiger charge is 2.06. The molecule has 2 heterocycles. The van der Waals surface area contributed by atoms with Crippen LogP contribution in [0.2, 0.25) is 0 Å². The minimum Gasteiger partial charge on any atom is -0.485 e. The van der Waals surface area contributed by atoms with Crippen LogP contribution >= 0.6 is 0 Å². The summed E-state index contributed by atoms with van der Waals surface area (Å²) in [5.74, 6) is 1.34. The fourth-order valence-corrected chi connectivity index (χ4v) is 1.63. The molecule has 0 aliphatic rings. The smallest absolute Gasteiger partial charge is 0.192 e. The normalized spacial score (nSPS) is 10.7. The molecule has 0 aliphatic carbocycles. The zero-order valence-corrected chi connectivity index (χ0v) is 9.52. The number of aromatic nitrogens is 4. The van der Waals surface area contributed by atoms with Crippen LogP contribution in [0, 0.1) is 0 Å². The molecule has 0 bridgehead atoms. The highest BCUT2D eigenvalue weighted by Crippen LogP contribution is 2.15. The second kappa shape index (κ2) is 4.33. The van der Waals surface area contributed by atoms with Gasteiger partial charge in [-0.15, -0.1) is 10.2 Å². The first-order chi connectivity index (χ1) is 8.83. The molecule has 2 N–H and O–H groups in total. The average Bonchev–Trinajstić information content (AvgIpc) is 2.80. The van der Waals surface area contributed by atoms with Crippen LogP contribution < -0.4 is 10.5 Å². The number of nitrogens with two attached hydrogens (primary N) is 1. The first-order valence-corrected chi connectivity index (χ1v) is 5.46. The van der Waals surface area contributed by atoms with Crippen LogP contribution in [0.3, 0.4) is 0 Å². The summed E-state index contributed by atoms with van der Waals surface area (Å²) in [5.41, 5.74) is 7.03. The molecule has 6 heteroatoms. The van der Waals surface area contributed by atoms with E-state index in [-0.39, 0.29) is 0 Å². The molecule has 0 amide bonds. The molecule has 2 aromatic heterocycles. The molecule has 6 nitrogen and oxygen atoms in total. The van der Waals surface area contributed by atoms with Gasteiger partial charge in [0.05, 0.1) is 0 Å². The monoisotopic (exact) mass is 241 g/mol. The van der Waals surface area contributed by atoms with Crippen LogP contribution in [0.15, 0.2) is 42.6 Å². The lowest BCUT2D eigenvalue weighted by atomic mass is 10.3. The van der Waals surface area contributed by atoms with Crippen molar-refractivity contribution in [1.29, 1.82) is 0 Å². The summed E-state index contributed by atoms with van der Waals surface area (Å²) in [6, 6.07) is 10.9. The quantitative estimate of drug-likeness (QED) is 0.699. The second-order valence-electron chi connectivity index (χ2n) is 3.77. The summed E-state index contributed by atoms with van der Waals surface area (Å²) in [4.78, 5) is 0. The molecule has 0 unspecified atom stereocenters. The zero-order valence-electron chi connectivity index (χ0n) is 9.52. The lowest BCUT2D eigenvalue weighted by molar-refractivity contribution is 0.293. The van der Waals surface area contributed by atoms with Gasteiger partial charge in [-0.25, -0.2) is 0 Å². The first kappa shape index (κ1) is 10.5. The molecule has 90 valence electrons. The topological polar surface area (TPSA) is 78.3 Å². The predicted octanol–water partition coefficient (Wildman–Crippen LogP) is 1.29. The molecule has 0 spiro atoms. The van der Waals surface area contributed by atoms with Crippen molar-refractivity contribution in [2.45, 2.75) is 6.61 Å². The lowest BCUT2D eigenvalue weighted by Crippen LogP contribution is -2.03. The van der Waals surface area contributed by atoms with Crippen molar-refractivity contribution in [2.24, 2.45) is 0 Å². The Bertz CT molecular complexity index is 679. The third kappa shape index (κ3) is 1.95. The first-order valence-electron chi connectivity index (χ1n) is 5.46. The number of benzene rings is 1. The highest BCUT2D eigenvalue weighted by molar-refractivity contribution is 5.43. The summed E-state index contributed by atoms with van der Waals surface area (Å²) >= 11 is 0. The van der Waals surface area contributed by atoms with Gasteiger partial charge in [0, 0.05) is 18.0 Å². The van der Waals surface area contributed by atoms with E-state index in [0.717, 1.165) is 0 Å². The van der Waals surface area contributed by atoms with Crippen LogP contribution in [0.4, 0.5) is 5.69 Å². The molecule has 0 atom stereocenters. The highest BCUT2D eigenvalue weighted by atomic mass is 16.5. The van der Waals surface area contributed by atoms with Crippen molar-refractivity contribution in [3.8, 4) is 5.75 Å². The summed E-state index contributed by atoms with van der Waals surface area (Å²) in [7, 11) is 0. The number of nitrogens with zero attached hydrogens (tertiary/aromatic N) is 4. The zero-order chi connectivity index (χ0) is 12.4. The summed E-state index contributed by atoms with van der Waals surface area (Å²) < 4.78 is 7.24. The van der Waals surface area contributed by atoms with Gasteiger partial charge in [-0.1, -0.05) is 6.07 Å². The van der Waals surface area contributed by atoms with Crippen LogP contribution in [-0.2, 0) is 6.61 Å². The molecular formula is C12H11N5O. The SMILES string of the molecule is Nc1cccc(OCc2nnc3cccnn23)c1. The molecule has 18 heavy (non-hydrogen) atoms. The molecule has 0 saturated heterocycles. The van der Waals surface area contributed by atoms with Crippen LogP contribution in [-0.4, -0.2) is 19.8 Å². The number of anilines is 1. The van der Waals surface area contributed by atoms with Gasteiger partial charge in [-0.2, -0.15) is 9.61 Å². The Morgan fingerprint density at radius 2 is 2.11 bits per heavy atom. The number of fused-ring (bicyclic) bond motifs is 1. The van der Waals surface area contributed by atoms with E-state index in [2.05, 4.69) is 15.3 Å². The largest absolute Gasteiger partial charge is 0.485 e. The van der Waals surface area contributed by atoms with E-state index >= 15 is 0 Å². The van der Waals surface area contributed by atoms with Crippen LogP contribution in [0.25, 0.3) is 5.65 Å². The van der Waals surface area contributed by atoms with Crippen LogP contribution in [0.5, 0.6) is 5.75 Å². The van der Waals surface area contributed by atoms with Crippen molar-refractivity contribution >= 4 is 11.3 Å². The predicted molar refractivity (Wildman–Crippen MR) is 66.0 cm³/mol. The second-order valence-corrected chi connectivity index (χ2v) is 3.77. The Kier molecular flexibility index (Phi) is 2.53. The van der Waals surface area contributed by atoms with Gasteiger partial charge in [-0.3, -0.25) is 0 Å². The van der Waals surface area contributed by atoms with Gasteiger partial charge >= 0.3 is 0 Å². The fraction of sp³-hybridized carbons (Fsp3) is 0.0833. The van der Waals surface area contributed by atoms with E-state index in [1.807, 2.05) is 24.3 Å². The maximum atomic E-state index is 5.67. The Labute approximate surface area is 103 Å². The van der Waals surface area contributed by atoms with Crippen molar-refractivity contribution in [3.05, 3.63) is 48.4 Å². The number of hydrogen-bond donors (Lipinski definition) is 1. The molecule has 3 aromatic rings. The van der Waals surface area contributed by atoms with E-state index in [4.69, 9.17) is 10.5 Å². The summed E-state index contributed by atoms with van der Waals surface area (Å²) in [5, 5.41) is 12.2. The van der Waals surface area contributed by atoms with Gasteiger partial charge in [0.1, 0.15) is 12.4 Å². The van der Waals surface area contributed by atoms with Crippen molar-refractivity contribution in [3.63, 3.8) is 0 Å².